The summed E-state index contributed by atoms with van der Waals surface area (Å²) in [6.45, 7) is 2.03. The van der Waals surface area contributed by atoms with Gasteiger partial charge in [-0.05, 0) is 25.0 Å². The molecule has 0 bridgehead atoms. The molecular formula is C14H15N3O3. The third-order valence-electron chi connectivity index (χ3n) is 4.15. The summed E-state index contributed by atoms with van der Waals surface area (Å²) in [5, 5.41) is 2.31. The second-order valence-corrected chi connectivity index (χ2v) is 5.42. The summed E-state index contributed by atoms with van der Waals surface area (Å²) in [5.41, 5.74) is 6.56. The van der Waals surface area contributed by atoms with E-state index in [2.05, 4.69) is 5.32 Å². The van der Waals surface area contributed by atoms with Crippen molar-refractivity contribution in [3.8, 4) is 0 Å². The van der Waals surface area contributed by atoms with Crippen LogP contribution in [-0.2, 0) is 16.1 Å². The molecule has 0 aliphatic carbocycles. The van der Waals surface area contributed by atoms with E-state index in [0.717, 1.165) is 5.56 Å². The topological polar surface area (TPSA) is 92.5 Å². The van der Waals surface area contributed by atoms with Gasteiger partial charge in [0.25, 0.3) is 11.8 Å². The van der Waals surface area contributed by atoms with Crippen LogP contribution in [0.2, 0.25) is 0 Å². The molecule has 0 saturated carbocycles. The number of piperidine rings is 1. The number of fused-ring (bicyclic) bond motifs is 1. The fourth-order valence-corrected chi connectivity index (χ4v) is 2.84. The second kappa shape index (κ2) is 4.06. The third kappa shape index (κ3) is 1.61. The summed E-state index contributed by atoms with van der Waals surface area (Å²) < 4.78 is 0. The van der Waals surface area contributed by atoms with Crippen LogP contribution in [0.1, 0.15) is 35.7 Å². The lowest BCUT2D eigenvalue weighted by molar-refractivity contribution is -0.142. The van der Waals surface area contributed by atoms with E-state index < -0.39 is 11.4 Å². The van der Waals surface area contributed by atoms with E-state index in [-0.39, 0.29) is 18.2 Å². The average molecular weight is 273 g/mol. The Kier molecular flexibility index (Phi) is 2.57. The zero-order valence-electron chi connectivity index (χ0n) is 11.1. The van der Waals surface area contributed by atoms with Crippen LogP contribution >= 0.6 is 0 Å². The lowest BCUT2D eigenvalue weighted by Gasteiger charge is -2.39. The minimum absolute atomic E-state index is 0.234. The van der Waals surface area contributed by atoms with Crippen molar-refractivity contribution in [3.05, 3.63) is 29.3 Å². The largest absolute Gasteiger partial charge is 0.398 e. The van der Waals surface area contributed by atoms with Gasteiger partial charge in [-0.3, -0.25) is 19.7 Å². The van der Waals surface area contributed by atoms with Crippen LogP contribution in [0.4, 0.5) is 5.69 Å². The van der Waals surface area contributed by atoms with Crippen LogP contribution in [0.3, 0.4) is 0 Å². The molecule has 0 spiro atoms. The van der Waals surface area contributed by atoms with Crippen molar-refractivity contribution >= 4 is 23.4 Å². The van der Waals surface area contributed by atoms with Gasteiger partial charge in [0, 0.05) is 18.7 Å². The normalized spacial score (nSPS) is 25.6. The van der Waals surface area contributed by atoms with Crippen LogP contribution in [0.25, 0.3) is 0 Å². The van der Waals surface area contributed by atoms with Crippen molar-refractivity contribution in [3.63, 3.8) is 0 Å². The number of imide groups is 1. The molecule has 6 nitrogen and oxygen atoms in total. The minimum Gasteiger partial charge on any atom is -0.398 e. The molecule has 1 aromatic rings. The number of nitrogens with two attached hydrogens (primary N) is 1. The summed E-state index contributed by atoms with van der Waals surface area (Å²) in [6.07, 6.45) is 0.565. The number of amides is 3. The lowest BCUT2D eigenvalue weighted by atomic mass is 9.89. The van der Waals surface area contributed by atoms with E-state index in [4.69, 9.17) is 5.73 Å². The van der Waals surface area contributed by atoms with Crippen molar-refractivity contribution in [2.24, 2.45) is 0 Å². The number of hydrogen-bond acceptors (Lipinski definition) is 4. The van der Waals surface area contributed by atoms with E-state index in [1.54, 1.807) is 19.1 Å². The Balaban J connectivity index is 1.98. The SMILES string of the molecule is C[C@]1(N2Cc3cccc(N)c3C2=O)CCC(=O)NC1=O. The molecule has 1 atom stereocenters. The fraction of sp³-hybridized carbons (Fsp3) is 0.357. The number of nitrogens with zero attached hydrogens (tertiary/aromatic N) is 1. The van der Waals surface area contributed by atoms with Crippen LogP contribution < -0.4 is 11.1 Å². The number of carbonyl (C=O) groups excluding carboxylic acids is 3. The van der Waals surface area contributed by atoms with Gasteiger partial charge in [-0.1, -0.05) is 12.1 Å². The quantitative estimate of drug-likeness (QED) is 0.573. The summed E-state index contributed by atoms with van der Waals surface area (Å²) in [5.74, 6) is -0.963. The van der Waals surface area contributed by atoms with E-state index in [1.165, 1.54) is 4.90 Å². The Hall–Kier alpha value is -2.37. The van der Waals surface area contributed by atoms with E-state index >= 15 is 0 Å². The Morgan fingerprint density at radius 3 is 2.70 bits per heavy atom. The summed E-state index contributed by atoms with van der Waals surface area (Å²) in [4.78, 5) is 37.5. The Bertz CT molecular complexity index is 641. The number of carbonyl (C=O) groups is 3. The predicted molar refractivity (Wildman–Crippen MR) is 71.5 cm³/mol. The highest BCUT2D eigenvalue weighted by Crippen LogP contribution is 2.35. The molecule has 2 aliphatic heterocycles. The molecule has 3 amide bonds. The average Bonchev–Trinajstić information content (AvgIpc) is 2.74. The number of hydrogen-bond donors (Lipinski definition) is 2. The van der Waals surface area contributed by atoms with Crippen molar-refractivity contribution in [1.29, 1.82) is 0 Å². The van der Waals surface area contributed by atoms with Crippen LogP contribution in [0.5, 0.6) is 0 Å². The first kappa shape index (κ1) is 12.7. The lowest BCUT2D eigenvalue weighted by Crippen LogP contribution is -2.61. The van der Waals surface area contributed by atoms with Gasteiger partial charge in [-0.2, -0.15) is 0 Å². The van der Waals surface area contributed by atoms with Gasteiger partial charge in [-0.25, -0.2) is 0 Å². The molecule has 1 fully saturated rings. The molecule has 0 unspecified atom stereocenters. The number of nitrogens with one attached hydrogen (secondary N) is 1. The van der Waals surface area contributed by atoms with Crippen molar-refractivity contribution in [2.75, 3.05) is 5.73 Å². The molecule has 3 N–H and O–H groups in total. The van der Waals surface area contributed by atoms with Gasteiger partial charge >= 0.3 is 0 Å². The minimum atomic E-state index is -1.00. The second-order valence-electron chi connectivity index (χ2n) is 5.42. The molecule has 3 rings (SSSR count). The predicted octanol–water partition coefficient (Wildman–Crippen LogP) is 0.420. The highest BCUT2D eigenvalue weighted by Gasteiger charge is 2.48. The van der Waals surface area contributed by atoms with Gasteiger partial charge in [0.15, 0.2) is 0 Å². The molecule has 1 aromatic carbocycles. The summed E-state index contributed by atoms with van der Waals surface area (Å²) >= 11 is 0. The smallest absolute Gasteiger partial charge is 0.257 e. The van der Waals surface area contributed by atoms with Gasteiger partial charge in [0.1, 0.15) is 5.54 Å². The maximum atomic E-state index is 12.5. The highest BCUT2D eigenvalue weighted by atomic mass is 16.2. The molecule has 0 aromatic heterocycles. The number of benzene rings is 1. The van der Waals surface area contributed by atoms with Crippen molar-refractivity contribution in [1.82, 2.24) is 10.2 Å². The standard InChI is InChI=1S/C14H15N3O3/c1-14(6-5-10(18)16-13(14)20)17-7-8-3-2-4-9(15)11(8)12(17)19/h2-4H,5-7,15H2,1H3,(H,16,18,20)/t14-/m0/s1. The van der Waals surface area contributed by atoms with Crippen molar-refractivity contribution < 1.29 is 14.4 Å². The van der Waals surface area contributed by atoms with Crippen LogP contribution in [0, 0.1) is 0 Å². The molecule has 0 radical (unpaired) electrons. The zero-order chi connectivity index (χ0) is 14.5. The first-order chi connectivity index (χ1) is 9.43. The Morgan fingerprint density at radius 2 is 2.05 bits per heavy atom. The third-order valence-corrected chi connectivity index (χ3v) is 4.15. The number of nitrogen functional groups attached to an aromatic ring is 1. The van der Waals surface area contributed by atoms with Gasteiger partial charge in [0.2, 0.25) is 5.91 Å². The molecular weight excluding hydrogens is 258 g/mol. The van der Waals surface area contributed by atoms with Crippen LogP contribution in [0.15, 0.2) is 18.2 Å². The van der Waals surface area contributed by atoms with Gasteiger partial charge < -0.3 is 10.6 Å². The summed E-state index contributed by atoms with van der Waals surface area (Å²) in [7, 11) is 0. The highest BCUT2D eigenvalue weighted by molar-refractivity contribution is 6.09. The molecule has 2 aliphatic rings. The first-order valence-electron chi connectivity index (χ1n) is 6.47. The zero-order valence-corrected chi connectivity index (χ0v) is 11.1. The van der Waals surface area contributed by atoms with Gasteiger partial charge in [0.05, 0.1) is 5.56 Å². The monoisotopic (exact) mass is 273 g/mol. The molecule has 2 heterocycles. The maximum Gasteiger partial charge on any atom is 0.257 e. The maximum absolute atomic E-state index is 12.5. The van der Waals surface area contributed by atoms with Crippen LogP contribution in [-0.4, -0.2) is 28.2 Å². The van der Waals surface area contributed by atoms with Gasteiger partial charge in [-0.15, -0.1) is 0 Å². The van der Waals surface area contributed by atoms with Crippen molar-refractivity contribution in [2.45, 2.75) is 31.8 Å². The molecule has 104 valence electrons. The molecule has 20 heavy (non-hydrogen) atoms. The first-order valence-corrected chi connectivity index (χ1v) is 6.47. The molecule has 1 saturated heterocycles. The Morgan fingerprint density at radius 1 is 1.30 bits per heavy atom. The van der Waals surface area contributed by atoms with E-state index in [1.807, 2.05) is 6.07 Å². The van der Waals surface area contributed by atoms with E-state index in [0.29, 0.717) is 24.2 Å². The fourth-order valence-electron chi connectivity index (χ4n) is 2.84. The van der Waals surface area contributed by atoms with E-state index in [9.17, 15) is 14.4 Å². The number of anilines is 1. The summed E-state index contributed by atoms with van der Waals surface area (Å²) in [6, 6.07) is 5.30. The molecule has 6 heteroatoms. The Labute approximate surface area is 115 Å². The number of rotatable bonds is 1.